The van der Waals surface area contributed by atoms with E-state index in [-0.39, 0.29) is 16.6 Å². The number of rotatable bonds is 7. The molecule has 3 rings (SSSR count). The van der Waals surface area contributed by atoms with Crippen molar-refractivity contribution in [2.45, 2.75) is 11.8 Å². The second-order valence-corrected chi connectivity index (χ2v) is 8.34. The van der Waals surface area contributed by atoms with Crippen LogP contribution in [0.25, 0.3) is 6.08 Å². The van der Waals surface area contributed by atoms with Crippen molar-refractivity contribution in [1.82, 2.24) is 0 Å². The summed E-state index contributed by atoms with van der Waals surface area (Å²) >= 11 is 0. The molecular formula is C23H21FN2O4S. The number of benzene rings is 3. The van der Waals surface area contributed by atoms with Crippen molar-refractivity contribution >= 4 is 33.4 Å². The minimum atomic E-state index is -3.81. The summed E-state index contributed by atoms with van der Waals surface area (Å²) in [6.45, 7) is 1.70. The zero-order valence-corrected chi connectivity index (χ0v) is 17.7. The van der Waals surface area contributed by atoms with Crippen LogP contribution < -0.4 is 14.8 Å². The predicted octanol–water partition coefficient (Wildman–Crippen LogP) is 4.60. The molecule has 0 bridgehead atoms. The standard InChI is InChI=1S/C23H21FN2O4S/c1-16-15-18(24)10-13-20(16)25-23(27)14-9-17-7-11-19(12-8-17)31(28,29)26-21-5-3-4-6-22(21)30-2/h3-15,26H,1-2H3,(H,25,27)/b14-9+. The second kappa shape index (κ2) is 9.44. The van der Waals surface area contributed by atoms with Crippen LogP contribution in [0, 0.1) is 12.7 Å². The van der Waals surface area contributed by atoms with Crippen LogP contribution in [0.1, 0.15) is 11.1 Å². The number of sulfonamides is 1. The highest BCUT2D eigenvalue weighted by Gasteiger charge is 2.16. The van der Waals surface area contributed by atoms with Crippen LogP contribution in [0.5, 0.6) is 5.75 Å². The molecule has 0 aromatic heterocycles. The van der Waals surface area contributed by atoms with E-state index in [4.69, 9.17) is 4.74 Å². The first-order valence-electron chi connectivity index (χ1n) is 9.29. The lowest BCUT2D eigenvalue weighted by molar-refractivity contribution is -0.111. The van der Waals surface area contributed by atoms with Gasteiger partial charge in [-0.3, -0.25) is 9.52 Å². The molecule has 0 saturated heterocycles. The summed E-state index contributed by atoms with van der Waals surface area (Å²) in [6.07, 6.45) is 2.87. The molecule has 0 radical (unpaired) electrons. The van der Waals surface area contributed by atoms with Crippen molar-refractivity contribution in [2.24, 2.45) is 0 Å². The molecule has 0 heterocycles. The van der Waals surface area contributed by atoms with Crippen LogP contribution in [-0.2, 0) is 14.8 Å². The molecule has 0 atom stereocenters. The molecule has 0 aliphatic carbocycles. The fraction of sp³-hybridized carbons (Fsp3) is 0.0870. The van der Waals surface area contributed by atoms with Crippen molar-refractivity contribution < 1.29 is 22.3 Å². The number of nitrogens with one attached hydrogen (secondary N) is 2. The van der Waals surface area contributed by atoms with Gasteiger partial charge in [0.25, 0.3) is 10.0 Å². The van der Waals surface area contributed by atoms with Gasteiger partial charge in [0.05, 0.1) is 17.7 Å². The van der Waals surface area contributed by atoms with E-state index < -0.39 is 10.0 Å². The van der Waals surface area contributed by atoms with Crippen molar-refractivity contribution in [1.29, 1.82) is 0 Å². The van der Waals surface area contributed by atoms with Crippen molar-refractivity contribution in [3.63, 3.8) is 0 Å². The van der Waals surface area contributed by atoms with E-state index in [0.717, 1.165) is 0 Å². The zero-order chi connectivity index (χ0) is 22.4. The SMILES string of the molecule is COc1ccccc1NS(=O)(=O)c1ccc(/C=C/C(=O)Nc2ccc(F)cc2C)cc1. The lowest BCUT2D eigenvalue weighted by Crippen LogP contribution is -2.13. The van der Waals surface area contributed by atoms with Crippen LogP contribution in [0.15, 0.2) is 77.7 Å². The average Bonchev–Trinajstić information content (AvgIpc) is 2.75. The Hall–Kier alpha value is -3.65. The number of ether oxygens (including phenoxy) is 1. The molecule has 3 aromatic rings. The van der Waals surface area contributed by atoms with Gasteiger partial charge in [-0.15, -0.1) is 0 Å². The molecule has 6 nitrogen and oxygen atoms in total. The summed E-state index contributed by atoms with van der Waals surface area (Å²) < 4.78 is 46.1. The topological polar surface area (TPSA) is 84.5 Å². The maximum atomic E-state index is 13.2. The van der Waals surface area contributed by atoms with E-state index in [2.05, 4.69) is 10.0 Å². The number of carbonyl (C=O) groups is 1. The van der Waals surface area contributed by atoms with Gasteiger partial charge in [0, 0.05) is 11.8 Å². The van der Waals surface area contributed by atoms with Crippen LogP contribution in [0.4, 0.5) is 15.8 Å². The summed E-state index contributed by atoms with van der Waals surface area (Å²) in [7, 11) is -2.35. The lowest BCUT2D eigenvalue weighted by atomic mass is 10.2. The third kappa shape index (κ3) is 5.70. The zero-order valence-electron chi connectivity index (χ0n) is 16.9. The first-order valence-corrected chi connectivity index (χ1v) is 10.8. The highest BCUT2D eigenvalue weighted by Crippen LogP contribution is 2.26. The summed E-state index contributed by atoms with van der Waals surface area (Å²) in [5.41, 5.74) is 2.10. The largest absolute Gasteiger partial charge is 0.495 e. The quantitative estimate of drug-likeness (QED) is 0.526. The number of halogens is 1. The van der Waals surface area contributed by atoms with Crippen LogP contribution >= 0.6 is 0 Å². The highest BCUT2D eigenvalue weighted by atomic mass is 32.2. The van der Waals surface area contributed by atoms with Gasteiger partial charge in [-0.25, -0.2) is 12.8 Å². The number of carbonyl (C=O) groups excluding carboxylic acids is 1. The number of hydrogen-bond donors (Lipinski definition) is 2. The lowest BCUT2D eigenvalue weighted by Gasteiger charge is -2.11. The number of amides is 1. The Bertz CT molecular complexity index is 1220. The normalized spacial score (nSPS) is 11.3. The van der Waals surface area contributed by atoms with Gasteiger partial charge in [-0.05, 0) is 66.6 Å². The van der Waals surface area contributed by atoms with E-state index in [1.165, 1.54) is 43.5 Å². The molecule has 0 spiro atoms. The minimum absolute atomic E-state index is 0.0712. The van der Waals surface area contributed by atoms with Crippen LogP contribution in [-0.4, -0.2) is 21.4 Å². The summed E-state index contributed by atoms with van der Waals surface area (Å²) in [6, 6.07) is 16.9. The van der Waals surface area contributed by atoms with Gasteiger partial charge in [-0.1, -0.05) is 24.3 Å². The number of para-hydroxylation sites is 2. The van der Waals surface area contributed by atoms with Crippen molar-refractivity contribution in [3.8, 4) is 5.75 Å². The molecule has 0 aliphatic heterocycles. The van der Waals surface area contributed by atoms with Gasteiger partial charge in [0.15, 0.2) is 0 Å². The van der Waals surface area contributed by atoms with E-state index in [1.54, 1.807) is 49.4 Å². The Morgan fingerprint density at radius 1 is 1.00 bits per heavy atom. The Labute approximate surface area is 180 Å². The van der Waals surface area contributed by atoms with E-state index in [9.17, 15) is 17.6 Å². The van der Waals surface area contributed by atoms with Crippen molar-refractivity contribution in [3.05, 3.63) is 89.8 Å². The molecule has 31 heavy (non-hydrogen) atoms. The molecular weight excluding hydrogens is 419 g/mol. The number of hydrogen-bond acceptors (Lipinski definition) is 4. The molecule has 3 aromatic carbocycles. The van der Waals surface area contributed by atoms with Gasteiger partial charge < -0.3 is 10.1 Å². The second-order valence-electron chi connectivity index (χ2n) is 6.66. The molecule has 160 valence electrons. The molecule has 1 amide bonds. The molecule has 0 saturated carbocycles. The smallest absolute Gasteiger partial charge is 0.262 e. The number of aryl methyl sites for hydroxylation is 1. The van der Waals surface area contributed by atoms with Gasteiger partial charge in [0.2, 0.25) is 5.91 Å². The van der Waals surface area contributed by atoms with E-state index >= 15 is 0 Å². The number of anilines is 2. The van der Waals surface area contributed by atoms with Crippen LogP contribution in [0.3, 0.4) is 0 Å². The Morgan fingerprint density at radius 2 is 1.71 bits per heavy atom. The molecule has 8 heteroatoms. The molecule has 0 fully saturated rings. The van der Waals surface area contributed by atoms with Crippen LogP contribution in [0.2, 0.25) is 0 Å². The maximum Gasteiger partial charge on any atom is 0.262 e. The average molecular weight is 440 g/mol. The fourth-order valence-electron chi connectivity index (χ4n) is 2.80. The fourth-order valence-corrected chi connectivity index (χ4v) is 3.87. The molecule has 0 unspecified atom stereocenters. The van der Waals surface area contributed by atoms with Gasteiger partial charge >= 0.3 is 0 Å². The minimum Gasteiger partial charge on any atom is -0.495 e. The highest BCUT2D eigenvalue weighted by molar-refractivity contribution is 7.92. The Balaban J connectivity index is 1.68. The first kappa shape index (κ1) is 22.0. The molecule has 2 N–H and O–H groups in total. The van der Waals surface area contributed by atoms with E-state index in [1.807, 2.05) is 0 Å². The first-order chi connectivity index (χ1) is 14.8. The summed E-state index contributed by atoms with van der Waals surface area (Å²) in [4.78, 5) is 12.2. The summed E-state index contributed by atoms with van der Waals surface area (Å²) in [5.74, 6) is -0.349. The molecule has 0 aliphatic rings. The third-order valence-corrected chi connectivity index (χ3v) is 5.80. The Kier molecular flexibility index (Phi) is 6.71. The monoisotopic (exact) mass is 440 g/mol. The maximum absolute atomic E-state index is 13.2. The number of methoxy groups -OCH3 is 1. The van der Waals surface area contributed by atoms with Gasteiger partial charge in [0.1, 0.15) is 11.6 Å². The Morgan fingerprint density at radius 3 is 2.39 bits per heavy atom. The van der Waals surface area contributed by atoms with E-state index in [0.29, 0.717) is 28.3 Å². The third-order valence-electron chi connectivity index (χ3n) is 4.42. The van der Waals surface area contributed by atoms with Crippen molar-refractivity contribution in [2.75, 3.05) is 17.1 Å². The summed E-state index contributed by atoms with van der Waals surface area (Å²) in [5, 5.41) is 2.67. The van der Waals surface area contributed by atoms with Gasteiger partial charge in [-0.2, -0.15) is 0 Å². The predicted molar refractivity (Wildman–Crippen MR) is 119 cm³/mol.